The summed E-state index contributed by atoms with van der Waals surface area (Å²) in [5, 5.41) is 19.5. The Bertz CT molecular complexity index is 751. The first-order valence-electron chi connectivity index (χ1n) is 7.35. The SMILES string of the molecule is CCCOc1ccc(C2C(C#N)=C(N)SC(N)=C2C#N)cc1OC. The molecule has 0 unspecified atom stereocenters. The van der Waals surface area contributed by atoms with E-state index < -0.39 is 5.92 Å². The van der Waals surface area contributed by atoms with Crippen molar-refractivity contribution < 1.29 is 9.47 Å². The summed E-state index contributed by atoms with van der Waals surface area (Å²) in [6.07, 6.45) is 0.875. The number of rotatable bonds is 5. The van der Waals surface area contributed by atoms with Gasteiger partial charge < -0.3 is 20.9 Å². The van der Waals surface area contributed by atoms with Gasteiger partial charge in [0.1, 0.15) is 0 Å². The van der Waals surface area contributed by atoms with Crippen molar-refractivity contribution in [3.8, 4) is 23.6 Å². The number of hydrogen-bond donors (Lipinski definition) is 2. The third-order valence-electron chi connectivity index (χ3n) is 3.55. The minimum Gasteiger partial charge on any atom is -0.493 e. The minimum atomic E-state index is -0.602. The summed E-state index contributed by atoms with van der Waals surface area (Å²) in [6, 6.07) is 9.50. The van der Waals surface area contributed by atoms with E-state index in [0.717, 1.165) is 18.2 Å². The molecule has 6 nitrogen and oxygen atoms in total. The zero-order valence-electron chi connectivity index (χ0n) is 13.5. The quantitative estimate of drug-likeness (QED) is 0.844. The highest BCUT2D eigenvalue weighted by Crippen LogP contribution is 2.44. The van der Waals surface area contributed by atoms with Gasteiger partial charge >= 0.3 is 0 Å². The van der Waals surface area contributed by atoms with Crippen LogP contribution < -0.4 is 20.9 Å². The van der Waals surface area contributed by atoms with E-state index in [1.807, 2.05) is 6.92 Å². The fourth-order valence-electron chi connectivity index (χ4n) is 2.42. The van der Waals surface area contributed by atoms with E-state index >= 15 is 0 Å². The van der Waals surface area contributed by atoms with Crippen molar-refractivity contribution in [2.75, 3.05) is 13.7 Å². The number of allylic oxidation sites excluding steroid dienone is 2. The maximum absolute atomic E-state index is 9.46. The standard InChI is InChI=1S/C17H18N4O2S/c1-3-6-23-13-5-4-10(7-14(13)22-2)15-11(8-18)16(20)24-17(21)12(15)9-19/h4-5,7,15H,3,6,20-21H2,1-2H3. The molecule has 1 aromatic rings. The number of nitrogens with zero attached hydrogens (tertiary/aromatic N) is 2. The molecule has 0 saturated carbocycles. The van der Waals surface area contributed by atoms with Gasteiger partial charge in [0.2, 0.25) is 0 Å². The molecule has 0 radical (unpaired) electrons. The van der Waals surface area contributed by atoms with Crippen molar-refractivity contribution in [3.05, 3.63) is 45.0 Å². The molecule has 0 aromatic heterocycles. The molecule has 0 spiro atoms. The van der Waals surface area contributed by atoms with Crippen LogP contribution in [0.25, 0.3) is 0 Å². The van der Waals surface area contributed by atoms with Crippen molar-refractivity contribution >= 4 is 11.8 Å². The van der Waals surface area contributed by atoms with Gasteiger partial charge in [0.25, 0.3) is 0 Å². The largest absolute Gasteiger partial charge is 0.493 e. The molecule has 2 rings (SSSR count). The second-order valence-electron chi connectivity index (χ2n) is 5.07. The predicted molar refractivity (Wildman–Crippen MR) is 92.8 cm³/mol. The monoisotopic (exact) mass is 342 g/mol. The predicted octanol–water partition coefficient (Wildman–Crippen LogP) is 2.70. The summed E-state index contributed by atoms with van der Waals surface area (Å²) in [5.74, 6) is 0.542. The van der Waals surface area contributed by atoms with Gasteiger partial charge in [-0.3, -0.25) is 0 Å². The van der Waals surface area contributed by atoms with E-state index in [1.165, 1.54) is 0 Å². The molecule has 0 fully saturated rings. The first kappa shape index (κ1) is 17.6. The van der Waals surface area contributed by atoms with Crippen LogP contribution in [0.3, 0.4) is 0 Å². The fourth-order valence-corrected chi connectivity index (χ4v) is 3.21. The van der Waals surface area contributed by atoms with Crippen LogP contribution in [0.15, 0.2) is 39.4 Å². The van der Waals surface area contributed by atoms with Gasteiger partial charge in [-0.25, -0.2) is 0 Å². The highest BCUT2D eigenvalue weighted by atomic mass is 32.2. The van der Waals surface area contributed by atoms with E-state index in [-0.39, 0.29) is 0 Å². The molecule has 0 saturated heterocycles. The summed E-state index contributed by atoms with van der Waals surface area (Å²) >= 11 is 1.04. The van der Waals surface area contributed by atoms with Gasteiger partial charge in [-0.2, -0.15) is 10.5 Å². The van der Waals surface area contributed by atoms with Gasteiger partial charge in [0, 0.05) is 0 Å². The summed E-state index contributed by atoms with van der Waals surface area (Å²) < 4.78 is 11.0. The van der Waals surface area contributed by atoms with E-state index in [9.17, 15) is 10.5 Å². The molecule has 124 valence electrons. The van der Waals surface area contributed by atoms with Crippen molar-refractivity contribution in [1.29, 1.82) is 10.5 Å². The van der Waals surface area contributed by atoms with Crippen LogP contribution in [0.2, 0.25) is 0 Å². The number of thioether (sulfide) groups is 1. The van der Waals surface area contributed by atoms with Gasteiger partial charge in [0.05, 0.1) is 53.0 Å². The number of methoxy groups -OCH3 is 1. The number of ether oxygens (including phenoxy) is 2. The van der Waals surface area contributed by atoms with Crippen LogP contribution in [-0.4, -0.2) is 13.7 Å². The molecule has 0 aliphatic carbocycles. The van der Waals surface area contributed by atoms with Crippen molar-refractivity contribution in [2.45, 2.75) is 19.3 Å². The van der Waals surface area contributed by atoms with Crippen LogP contribution in [0.1, 0.15) is 24.8 Å². The molecule has 1 aliphatic heterocycles. The number of hydrogen-bond acceptors (Lipinski definition) is 7. The molecule has 0 amide bonds. The lowest BCUT2D eigenvalue weighted by Gasteiger charge is -2.24. The van der Waals surface area contributed by atoms with Crippen LogP contribution in [0.5, 0.6) is 11.5 Å². The Kier molecular flexibility index (Phi) is 5.62. The third kappa shape index (κ3) is 3.27. The first-order valence-corrected chi connectivity index (χ1v) is 8.17. The Balaban J connectivity index is 2.54. The van der Waals surface area contributed by atoms with Crippen LogP contribution in [-0.2, 0) is 0 Å². The van der Waals surface area contributed by atoms with Gasteiger partial charge in [0.15, 0.2) is 11.5 Å². The molecule has 0 atom stereocenters. The van der Waals surface area contributed by atoms with Crippen LogP contribution in [0, 0.1) is 22.7 Å². The van der Waals surface area contributed by atoms with Crippen molar-refractivity contribution in [3.63, 3.8) is 0 Å². The second kappa shape index (κ2) is 7.67. The lowest BCUT2D eigenvalue weighted by Crippen LogP contribution is -2.18. The molecule has 4 N–H and O–H groups in total. The zero-order valence-corrected chi connectivity index (χ0v) is 14.3. The molecular formula is C17H18N4O2S. The molecule has 1 aromatic carbocycles. The average molecular weight is 342 g/mol. The van der Waals surface area contributed by atoms with E-state index in [4.69, 9.17) is 20.9 Å². The lowest BCUT2D eigenvalue weighted by atomic mass is 9.85. The van der Waals surface area contributed by atoms with E-state index in [1.54, 1.807) is 25.3 Å². The Labute approximate surface area is 145 Å². The summed E-state index contributed by atoms with van der Waals surface area (Å²) in [7, 11) is 1.54. The number of nitrogens with two attached hydrogens (primary N) is 2. The van der Waals surface area contributed by atoms with Gasteiger partial charge in [-0.15, -0.1) is 0 Å². The number of benzene rings is 1. The Hall–Kier alpha value is -2.77. The number of nitriles is 2. The van der Waals surface area contributed by atoms with E-state index in [2.05, 4.69) is 12.1 Å². The Morgan fingerprint density at radius 2 is 1.75 bits per heavy atom. The Morgan fingerprint density at radius 1 is 1.12 bits per heavy atom. The van der Waals surface area contributed by atoms with Gasteiger partial charge in [-0.05, 0) is 24.1 Å². The highest BCUT2D eigenvalue weighted by Gasteiger charge is 2.31. The topological polar surface area (TPSA) is 118 Å². The van der Waals surface area contributed by atoms with Gasteiger partial charge in [-0.1, -0.05) is 24.8 Å². The smallest absolute Gasteiger partial charge is 0.161 e. The molecular weight excluding hydrogens is 324 g/mol. The summed E-state index contributed by atoms with van der Waals surface area (Å²) in [6.45, 7) is 2.59. The van der Waals surface area contributed by atoms with Crippen LogP contribution in [0.4, 0.5) is 0 Å². The zero-order chi connectivity index (χ0) is 17.7. The minimum absolute atomic E-state index is 0.310. The lowest BCUT2D eigenvalue weighted by molar-refractivity contribution is 0.294. The molecule has 24 heavy (non-hydrogen) atoms. The van der Waals surface area contributed by atoms with Crippen LogP contribution >= 0.6 is 11.8 Å². The van der Waals surface area contributed by atoms with Crippen molar-refractivity contribution in [1.82, 2.24) is 0 Å². The maximum Gasteiger partial charge on any atom is 0.161 e. The molecule has 1 heterocycles. The summed E-state index contributed by atoms with van der Waals surface area (Å²) in [4.78, 5) is 0. The summed E-state index contributed by atoms with van der Waals surface area (Å²) in [5.41, 5.74) is 13.2. The fraction of sp³-hybridized carbons (Fsp3) is 0.294. The normalized spacial score (nSPS) is 15.0. The molecule has 0 bridgehead atoms. The Morgan fingerprint density at radius 3 is 2.25 bits per heavy atom. The van der Waals surface area contributed by atoms with E-state index in [0.29, 0.717) is 44.9 Å². The highest BCUT2D eigenvalue weighted by molar-refractivity contribution is 8.06. The molecule has 7 heteroatoms. The average Bonchev–Trinajstić information content (AvgIpc) is 2.59. The first-order chi connectivity index (χ1) is 11.6. The third-order valence-corrected chi connectivity index (χ3v) is 4.43. The maximum atomic E-state index is 9.46. The second-order valence-corrected chi connectivity index (χ2v) is 6.16. The van der Waals surface area contributed by atoms with Crippen molar-refractivity contribution in [2.24, 2.45) is 11.5 Å². The molecule has 1 aliphatic rings.